The van der Waals surface area contributed by atoms with Crippen molar-refractivity contribution in [3.8, 4) is 0 Å². The average Bonchev–Trinajstić information content (AvgIpc) is 2.63. The molecule has 0 saturated carbocycles. The number of carbonyl (C=O) groups is 1. The van der Waals surface area contributed by atoms with Gasteiger partial charge in [-0.15, -0.1) is 0 Å². The fourth-order valence-corrected chi connectivity index (χ4v) is 2.62. The van der Waals surface area contributed by atoms with E-state index in [9.17, 15) is 9.59 Å². The van der Waals surface area contributed by atoms with Gasteiger partial charge in [0.2, 0.25) is 0 Å². The van der Waals surface area contributed by atoms with Crippen LogP contribution in [0.3, 0.4) is 0 Å². The fourth-order valence-electron chi connectivity index (χ4n) is 2.62. The minimum absolute atomic E-state index is 0.133. The topological polar surface area (TPSA) is 61.2 Å². The van der Waals surface area contributed by atoms with Crippen molar-refractivity contribution in [3.63, 3.8) is 0 Å². The Morgan fingerprint density at radius 1 is 1.12 bits per heavy atom. The molecule has 0 radical (unpaired) electrons. The van der Waals surface area contributed by atoms with Crippen LogP contribution in [0.4, 0.5) is 0 Å². The lowest BCUT2D eigenvalue weighted by Crippen LogP contribution is -2.25. The molecule has 2 aromatic carbocycles. The third-order valence-corrected chi connectivity index (χ3v) is 4.09. The minimum Gasteiger partial charge on any atom is -0.459 e. The first-order valence-corrected chi connectivity index (χ1v) is 8.23. The van der Waals surface area contributed by atoms with Crippen LogP contribution < -0.4 is 5.56 Å². The van der Waals surface area contributed by atoms with E-state index in [0.29, 0.717) is 17.0 Å². The SMILES string of the molecule is CC(C)c1ccc(COC(=O)Cn2c(=O)cnc3ccccc32)cc1. The van der Waals surface area contributed by atoms with Crippen LogP contribution in [0.2, 0.25) is 0 Å². The molecule has 3 aromatic rings. The number of benzene rings is 2. The molecule has 3 rings (SSSR count). The Hall–Kier alpha value is -2.95. The smallest absolute Gasteiger partial charge is 0.326 e. The van der Waals surface area contributed by atoms with Crippen molar-refractivity contribution in [2.24, 2.45) is 0 Å². The molecule has 1 heterocycles. The largest absolute Gasteiger partial charge is 0.459 e. The molecule has 128 valence electrons. The van der Waals surface area contributed by atoms with Gasteiger partial charge in [-0.05, 0) is 29.2 Å². The number of aromatic nitrogens is 2. The molecular formula is C20H20N2O3. The van der Waals surface area contributed by atoms with Gasteiger partial charge in [0.1, 0.15) is 13.2 Å². The normalized spacial score (nSPS) is 11.0. The predicted molar refractivity (Wildman–Crippen MR) is 96.3 cm³/mol. The summed E-state index contributed by atoms with van der Waals surface area (Å²) in [6.45, 7) is 4.32. The number of hydrogen-bond donors (Lipinski definition) is 0. The summed E-state index contributed by atoms with van der Waals surface area (Å²) >= 11 is 0. The second-order valence-corrected chi connectivity index (χ2v) is 6.23. The Balaban J connectivity index is 1.69. The van der Waals surface area contributed by atoms with Crippen LogP contribution in [0.15, 0.2) is 59.5 Å². The van der Waals surface area contributed by atoms with E-state index in [2.05, 4.69) is 18.8 Å². The molecule has 0 amide bonds. The highest BCUT2D eigenvalue weighted by Gasteiger charge is 2.10. The first kappa shape index (κ1) is 16.9. The number of nitrogens with zero attached hydrogens (tertiary/aromatic N) is 2. The molecule has 0 aliphatic rings. The monoisotopic (exact) mass is 336 g/mol. The maximum absolute atomic E-state index is 12.2. The van der Waals surface area contributed by atoms with Gasteiger partial charge in [0.05, 0.1) is 17.2 Å². The van der Waals surface area contributed by atoms with Crippen molar-refractivity contribution in [3.05, 3.63) is 76.2 Å². The molecule has 0 atom stereocenters. The molecular weight excluding hydrogens is 316 g/mol. The van der Waals surface area contributed by atoms with Gasteiger partial charge in [-0.1, -0.05) is 50.2 Å². The highest BCUT2D eigenvalue weighted by atomic mass is 16.5. The Morgan fingerprint density at radius 2 is 1.84 bits per heavy atom. The number of hydrogen-bond acceptors (Lipinski definition) is 4. The van der Waals surface area contributed by atoms with Crippen LogP contribution in [0.5, 0.6) is 0 Å². The van der Waals surface area contributed by atoms with Gasteiger partial charge >= 0.3 is 5.97 Å². The van der Waals surface area contributed by atoms with E-state index < -0.39 is 5.97 Å². The summed E-state index contributed by atoms with van der Waals surface area (Å²) in [5.74, 6) is 0.00911. The van der Waals surface area contributed by atoms with Crippen molar-refractivity contribution >= 4 is 17.0 Å². The Labute approximate surface area is 145 Å². The molecule has 0 bridgehead atoms. The zero-order valence-electron chi connectivity index (χ0n) is 14.3. The maximum Gasteiger partial charge on any atom is 0.326 e. The van der Waals surface area contributed by atoms with E-state index in [1.807, 2.05) is 36.4 Å². The van der Waals surface area contributed by atoms with Crippen molar-refractivity contribution in [1.29, 1.82) is 0 Å². The van der Waals surface area contributed by atoms with Gasteiger partial charge in [-0.25, -0.2) is 4.98 Å². The van der Waals surface area contributed by atoms with Crippen LogP contribution in [-0.4, -0.2) is 15.5 Å². The Bertz CT molecular complexity index is 943. The number of rotatable bonds is 5. The van der Waals surface area contributed by atoms with Gasteiger partial charge < -0.3 is 4.74 Å². The van der Waals surface area contributed by atoms with E-state index in [-0.39, 0.29) is 18.7 Å². The second kappa shape index (κ2) is 7.30. The molecule has 25 heavy (non-hydrogen) atoms. The molecule has 0 aliphatic carbocycles. The van der Waals surface area contributed by atoms with Crippen molar-refractivity contribution in [2.75, 3.05) is 0 Å². The number of esters is 1. The van der Waals surface area contributed by atoms with Gasteiger partial charge in [0.25, 0.3) is 5.56 Å². The Kier molecular flexibility index (Phi) is 4.93. The first-order valence-electron chi connectivity index (χ1n) is 8.23. The number of fused-ring (bicyclic) bond motifs is 1. The molecule has 0 fully saturated rings. The zero-order chi connectivity index (χ0) is 17.8. The highest BCUT2D eigenvalue weighted by molar-refractivity contribution is 5.77. The third-order valence-electron chi connectivity index (χ3n) is 4.09. The summed E-state index contributed by atoms with van der Waals surface area (Å²) in [6, 6.07) is 15.2. The fraction of sp³-hybridized carbons (Fsp3) is 0.250. The Morgan fingerprint density at radius 3 is 2.56 bits per heavy atom. The minimum atomic E-state index is -0.452. The summed E-state index contributed by atoms with van der Waals surface area (Å²) in [4.78, 5) is 28.3. The lowest BCUT2D eigenvalue weighted by molar-refractivity contribution is -0.145. The van der Waals surface area contributed by atoms with E-state index in [1.54, 1.807) is 12.1 Å². The zero-order valence-corrected chi connectivity index (χ0v) is 14.3. The molecule has 1 aromatic heterocycles. The summed E-state index contributed by atoms with van der Waals surface area (Å²) in [6.07, 6.45) is 1.22. The number of para-hydroxylation sites is 2. The quantitative estimate of drug-likeness (QED) is 0.671. The maximum atomic E-state index is 12.2. The van der Waals surface area contributed by atoms with Crippen molar-refractivity contribution in [1.82, 2.24) is 9.55 Å². The standard InChI is InChI=1S/C20H20N2O3/c1-14(2)16-9-7-15(8-10-16)13-25-20(24)12-22-18-6-4-3-5-17(18)21-11-19(22)23/h3-11,14H,12-13H2,1-2H3. The van der Waals surface area contributed by atoms with E-state index >= 15 is 0 Å². The molecule has 0 saturated heterocycles. The van der Waals surface area contributed by atoms with E-state index in [0.717, 1.165) is 5.56 Å². The molecule has 5 heteroatoms. The molecule has 0 N–H and O–H groups in total. The van der Waals surface area contributed by atoms with E-state index in [4.69, 9.17) is 4.74 Å². The van der Waals surface area contributed by atoms with Gasteiger partial charge in [-0.2, -0.15) is 0 Å². The molecule has 5 nitrogen and oxygen atoms in total. The van der Waals surface area contributed by atoms with Crippen LogP contribution in [0, 0.1) is 0 Å². The summed E-state index contributed by atoms with van der Waals surface area (Å²) < 4.78 is 6.70. The first-order chi connectivity index (χ1) is 12.0. The summed E-state index contributed by atoms with van der Waals surface area (Å²) in [5.41, 5.74) is 3.12. The van der Waals surface area contributed by atoms with Crippen LogP contribution in [0.1, 0.15) is 30.9 Å². The average molecular weight is 336 g/mol. The number of carbonyl (C=O) groups excluding carboxylic acids is 1. The summed E-state index contributed by atoms with van der Waals surface area (Å²) in [5, 5.41) is 0. The van der Waals surface area contributed by atoms with Crippen LogP contribution >= 0.6 is 0 Å². The predicted octanol–water partition coefficient (Wildman–Crippen LogP) is 3.26. The van der Waals surface area contributed by atoms with Gasteiger partial charge in [0, 0.05) is 0 Å². The summed E-state index contributed by atoms with van der Waals surface area (Å²) in [7, 11) is 0. The second-order valence-electron chi connectivity index (χ2n) is 6.23. The lowest BCUT2D eigenvalue weighted by Gasteiger charge is -2.10. The van der Waals surface area contributed by atoms with Crippen molar-refractivity contribution in [2.45, 2.75) is 32.9 Å². The van der Waals surface area contributed by atoms with Crippen molar-refractivity contribution < 1.29 is 9.53 Å². The van der Waals surface area contributed by atoms with E-state index in [1.165, 1.54) is 16.3 Å². The van der Waals surface area contributed by atoms with Gasteiger partial charge in [0.15, 0.2) is 0 Å². The molecule has 0 aliphatic heterocycles. The molecule has 0 unspecified atom stereocenters. The van der Waals surface area contributed by atoms with Crippen LogP contribution in [0.25, 0.3) is 11.0 Å². The van der Waals surface area contributed by atoms with Gasteiger partial charge in [-0.3, -0.25) is 14.2 Å². The number of ether oxygens (including phenoxy) is 1. The highest BCUT2D eigenvalue weighted by Crippen LogP contribution is 2.15. The van der Waals surface area contributed by atoms with Crippen LogP contribution in [-0.2, 0) is 22.7 Å². The third kappa shape index (κ3) is 3.94. The molecule has 0 spiro atoms. The lowest BCUT2D eigenvalue weighted by atomic mass is 10.0.